The van der Waals surface area contributed by atoms with Gasteiger partial charge >= 0.3 is 11.9 Å². The standard InChI is InChI=1S/C20H24N2S.C4H4O4/c1-21-11-6-12-22(14-13-21)18-15-16-7-2-4-9-19(16)23-20-10-5-3-8-17(18)20;5-3(6)1-2-4(7)8/h2-5,7-10,18H,6,11-15H2,1H3;1-2H,(H,5,6)(H,7,8)/b;2-1-. The molecule has 164 valence electrons. The Hall–Kier alpha value is -2.61. The van der Waals surface area contributed by atoms with Crippen LogP contribution in [0.4, 0.5) is 0 Å². The van der Waals surface area contributed by atoms with Gasteiger partial charge in [-0.15, -0.1) is 0 Å². The van der Waals surface area contributed by atoms with Gasteiger partial charge in [0.25, 0.3) is 0 Å². The topological polar surface area (TPSA) is 81.1 Å². The Morgan fingerprint density at radius 1 is 0.903 bits per heavy atom. The highest BCUT2D eigenvalue weighted by molar-refractivity contribution is 7.99. The Morgan fingerprint density at radius 2 is 1.55 bits per heavy atom. The Bertz CT molecular complexity index is 931. The normalized spacial score (nSPS) is 19.3. The van der Waals surface area contributed by atoms with Gasteiger partial charge in [-0.05, 0) is 49.7 Å². The average molecular weight is 441 g/mol. The predicted octanol–water partition coefficient (Wildman–Crippen LogP) is 3.78. The molecule has 1 fully saturated rings. The zero-order chi connectivity index (χ0) is 22.2. The third kappa shape index (κ3) is 6.69. The molecule has 4 rings (SSSR count). The summed E-state index contributed by atoms with van der Waals surface area (Å²) >= 11 is 1.94. The van der Waals surface area contributed by atoms with Gasteiger partial charge < -0.3 is 15.1 Å². The molecule has 0 aliphatic carbocycles. The van der Waals surface area contributed by atoms with E-state index in [9.17, 15) is 9.59 Å². The van der Waals surface area contributed by atoms with Crippen LogP contribution in [0.1, 0.15) is 23.6 Å². The van der Waals surface area contributed by atoms with Gasteiger partial charge in [-0.3, -0.25) is 4.90 Å². The summed E-state index contributed by atoms with van der Waals surface area (Å²) in [5.74, 6) is -2.51. The maximum Gasteiger partial charge on any atom is 0.328 e. The summed E-state index contributed by atoms with van der Waals surface area (Å²) in [5.41, 5.74) is 3.01. The van der Waals surface area contributed by atoms with Crippen molar-refractivity contribution in [1.82, 2.24) is 9.80 Å². The van der Waals surface area contributed by atoms with Gasteiger partial charge in [0.1, 0.15) is 0 Å². The number of aliphatic carboxylic acids is 2. The highest BCUT2D eigenvalue weighted by Gasteiger charge is 2.28. The van der Waals surface area contributed by atoms with E-state index in [1.54, 1.807) is 0 Å². The molecule has 7 heteroatoms. The largest absolute Gasteiger partial charge is 0.478 e. The second-order valence-electron chi connectivity index (χ2n) is 7.67. The van der Waals surface area contributed by atoms with Crippen LogP contribution in [0.2, 0.25) is 0 Å². The molecule has 0 spiro atoms. The van der Waals surface area contributed by atoms with Crippen LogP contribution in [0.25, 0.3) is 0 Å². The predicted molar refractivity (Wildman–Crippen MR) is 122 cm³/mol. The summed E-state index contributed by atoms with van der Waals surface area (Å²) < 4.78 is 0. The van der Waals surface area contributed by atoms with Crippen LogP contribution < -0.4 is 0 Å². The Kier molecular flexibility index (Phi) is 8.28. The minimum atomic E-state index is -1.26. The molecule has 2 aliphatic rings. The lowest BCUT2D eigenvalue weighted by atomic mass is 9.97. The number of fused-ring (bicyclic) bond motifs is 2. The van der Waals surface area contributed by atoms with E-state index in [-0.39, 0.29) is 0 Å². The van der Waals surface area contributed by atoms with Gasteiger partial charge in [-0.2, -0.15) is 0 Å². The van der Waals surface area contributed by atoms with Crippen LogP contribution in [0, 0.1) is 0 Å². The van der Waals surface area contributed by atoms with Gasteiger partial charge in [0, 0.05) is 47.6 Å². The second kappa shape index (κ2) is 11.1. The lowest BCUT2D eigenvalue weighted by Gasteiger charge is -2.31. The summed E-state index contributed by atoms with van der Waals surface area (Å²) in [6, 6.07) is 18.4. The number of nitrogens with zero attached hydrogens (tertiary/aromatic N) is 2. The molecule has 2 N–H and O–H groups in total. The first-order valence-corrected chi connectivity index (χ1v) is 11.2. The smallest absolute Gasteiger partial charge is 0.328 e. The van der Waals surface area contributed by atoms with Crippen LogP contribution in [-0.2, 0) is 16.0 Å². The lowest BCUT2D eigenvalue weighted by Crippen LogP contribution is -2.33. The van der Waals surface area contributed by atoms with Crippen LogP contribution in [0.15, 0.2) is 70.5 Å². The molecule has 0 saturated carbocycles. The van der Waals surface area contributed by atoms with E-state index >= 15 is 0 Å². The molecular formula is C24H28N2O4S. The number of hydrogen-bond donors (Lipinski definition) is 2. The van der Waals surface area contributed by atoms with Crippen molar-refractivity contribution in [3.05, 3.63) is 71.8 Å². The Labute approximate surface area is 187 Å². The molecule has 1 unspecified atom stereocenters. The minimum absolute atomic E-state index is 0.508. The van der Waals surface area contributed by atoms with Crippen LogP contribution in [0.5, 0.6) is 0 Å². The zero-order valence-corrected chi connectivity index (χ0v) is 18.4. The summed E-state index contributed by atoms with van der Waals surface area (Å²) in [7, 11) is 2.25. The minimum Gasteiger partial charge on any atom is -0.478 e. The van der Waals surface area contributed by atoms with Crippen molar-refractivity contribution in [2.45, 2.75) is 28.7 Å². The van der Waals surface area contributed by atoms with Crippen molar-refractivity contribution in [2.24, 2.45) is 0 Å². The summed E-state index contributed by atoms with van der Waals surface area (Å²) in [6.07, 6.45) is 3.51. The van der Waals surface area contributed by atoms with Crippen molar-refractivity contribution in [3.8, 4) is 0 Å². The van der Waals surface area contributed by atoms with E-state index in [0.717, 1.165) is 6.42 Å². The third-order valence-corrected chi connectivity index (χ3v) is 6.66. The van der Waals surface area contributed by atoms with Gasteiger partial charge in [0.05, 0.1) is 0 Å². The molecular weight excluding hydrogens is 412 g/mol. The molecule has 31 heavy (non-hydrogen) atoms. The first-order chi connectivity index (χ1) is 14.9. The molecule has 2 aromatic rings. The van der Waals surface area contributed by atoms with Gasteiger partial charge in [-0.25, -0.2) is 9.59 Å². The fraction of sp³-hybridized carbons (Fsp3) is 0.333. The van der Waals surface area contributed by atoms with E-state index in [0.29, 0.717) is 18.2 Å². The van der Waals surface area contributed by atoms with Crippen molar-refractivity contribution in [3.63, 3.8) is 0 Å². The van der Waals surface area contributed by atoms with Gasteiger partial charge in [-0.1, -0.05) is 48.2 Å². The van der Waals surface area contributed by atoms with Crippen molar-refractivity contribution in [2.75, 3.05) is 33.2 Å². The average Bonchev–Trinajstić information content (AvgIpc) is 3.06. The van der Waals surface area contributed by atoms with E-state index in [1.807, 2.05) is 11.8 Å². The van der Waals surface area contributed by atoms with Crippen molar-refractivity contribution >= 4 is 23.7 Å². The maximum absolute atomic E-state index is 9.55. The van der Waals surface area contributed by atoms with Crippen LogP contribution >= 0.6 is 11.8 Å². The molecule has 0 bridgehead atoms. The number of carboxylic acid groups (broad SMARTS) is 2. The quantitative estimate of drug-likeness (QED) is 0.703. The summed E-state index contributed by atoms with van der Waals surface area (Å²) in [4.78, 5) is 27.1. The fourth-order valence-corrected chi connectivity index (χ4v) is 5.04. The van der Waals surface area contributed by atoms with E-state index in [4.69, 9.17) is 10.2 Å². The number of carboxylic acids is 2. The Morgan fingerprint density at radius 3 is 2.26 bits per heavy atom. The third-order valence-electron chi connectivity index (χ3n) is 5.45. The first kappa shape index (κ1) is 23.1. The number of hydrogen-bond acceptors (Lipinski definition) is 5. The van der Waals surface area contributed by atoms with Crippen molar-refractivity contribution in [1.29, 1.82) is 0 Å². The SMILES string of the molecule is CN1CCCN(C2Cc3ccccc3Sc3ccccc32)CC1.O=C(O)/C=C\C(=O)O. The molecule has 2 aromatic carbocycles. The molecule has 2 heterocycles. The highest BCUT2D eigenvalue weighted by atomic mass is 32.2. The summed E-state index contributed by atoms with van der Waals surface area (Å²) in [5, 5.41) is 15.6. The van der Waals surface area contributed by atoms with Gasteiger partial charge in [0.2, 0.25) is 0 Å². The second-order valence-corrected chi connectivity index (χ2v) is 8.75. The molecule has 0 aromatic heterocycles. The highest BCUT2D eigenvalue weighted by Crippen LogP contribution is 2.42. The molecule has 1 saturated heterocycles. The lowest BCUT2D eigenvalue weighted by molar-refractivity contribution is -0.134. The number of carbonyl (C=O) groups is 2. The van der Waals surface area contributed by atoms with Crippen LogP contribution in [0.3, 0.4) is 0 Å². The molecule has 2 aliphatic heterocycles. The molecule has 6 nitrogen and oxygen atoms in total. The molecule has 0 radical (unpaired) electrons. The van der Waals surface area contributed by atoms with E-state index < -0.39 is 11.9 Å². The van der Waals surface area contributed by atoms with E-state index in [2.05, 4.69) is 65.4 Å². The fourth-order valence-electron chi connectivity index (χ4n) is 3.90. The van der Waals surface area contributed by atoms with E-state index in [1.165, 1.54) is 53.5 Å². The molecule has 0 amide bonds. The molecule has 1 atom stereocenters. The number of benzene rings is 2. The Balaban J connectivity index is 0.000000293. The zero-order valence-electron chi connectivity index (χ0n) is 17.6. The number of rotatable bonds is 3. The van der Waals surface area contributed by atoms with Crippen LogP contribution in [-0.4, -0.2) is 65.2 Å². The number of likely N-dealkylation sites (N-methyl/N-ethyl adjacent to an activating group) is 1. The van der Waals surface area contributed by atoms with Gasteiger partial charge in [0.15, 0.2) is 0 Å². The first-order valence-electron chi connectivity index (χ1n) is 10.3. The summed E-state index contributed by atoms with van der Waals surface area (Å²) in [6.45, 7) is 4.77. The maximum atomic E-state index is 9.55. The van der Waals surface area contributed by atoms with Crippen molar-refractivity contribution < 1.29 is 19.8 Å². The monoisotopic (exact) mass is 440 g/mol.